The van der Waals surface area contributed by atoms with E-state index >= 15 is 0 Å². The molecule has 2 nitrogen and oxygen atoms in total. The van der Waals surface area contributed by atoms with Crippen LogP contribution in [0.2, 0.25) is 0 Å². The quantitative estimate of drug-likeness (QED) is 0.749. The van der Waals surface area contributed by atoms with Gasteiger partial charge in [-0.2, -0.15) is 0 Å². The van der Waals surface area contributed by atoms with Crippen molar-refractivity contribution in [1.29, 1.82) is 0 Å². The maximum absolute atomic E-state index is 13.9. The Hall–Kier alpha value is -1.64. The van der Waals surface area contributed by atoms with Crippen LogP contribution in [0, 0.1) is 5.82 Å². The summed E-state index contributed by atoms with van der Waals surface area (Å²) < 4.78 is 13.9. The third-order valence-electron chi connectivity index (χ3n) is 3.63. The van der Waals surface area contributed by atoms with Gasteiger partial charge < -0.3 is 4.90 Å². The maximum atomic E-state index is 13.9. The molecular weight excluding hydrogens is 241 g/mol. The van der Waals surface area contributed by atoms with Gasteiger partial charge in [0.05, 0.1) is 11.1 Å². The third kappa shape index (κ3) is 2.18. The van der Waals surface area contributed by atoms with Crippen LogP contribution in [0.4, 0.5) is 10.1 Å². The zero-order valence-corrected chi connectivity index (χ0v) is 12.1. The van der Waals surface area contributed by atoms with E-state index in [0.717, 1.165) is 16.8 Å². The van der Waals surface area contributed by atoms with E-state index in [2.05, 4.69) is 38.7 Å². The maximum Gasteiger partial charge on any atom is 0.153 e. The summed E-state index contributed by atoms with van der Waals surface area (Å²) in [6, 6.07) is 3.38. The predicted octanol–water partition coefficient (Wildman–Crippen LogP) is 4.05. The summed E-state index contributed by atoms with van der Waals surface area (Å²) >= 11 is 0. The molecule has 0 bridgehead atoms. The first-order valence-corrected chi connectivity index (χ1v) is 6.56. The van der Waals surface area contributed by atoms with Gasteiger partial charge in [-0.05, 0) is 52.3 Å². The van der Waals surface area contributed by atoms with E-state index in [4.69, 9.17) is 0 Å². The Morgan fingerprint density at radius 3 is 2.47 bits per heavy atom. The first-order chi connectivity index (χ1) is 8.77. The van der Waals surface area contributed by atoms with Crippen molar-refractivity contribution in [3.63, 3.8) is 0 Å². The van der Waals surface area contributed by atoms with E-state index in [-0.39, 0.29) is 17.1 Å². The van der Waals surface area contributed by atoms with Gasteiger partial charge in [0.1, 0.15) is 5.82 Å². The van der Waals surface area contributed by atoms with Crippen LogP contribution in [0.15, 0.2) is 18.2 Å². The zero-order chi connectivity index (χ0) is 14.4. The lowest BCUT2D eigenvalue weighted by Crippen LogP contribution is -2.49. The van der Waals surface area contributed by atoms with Crippen LogP contribution < -0.4 is 4.90 Å². The highest BCUT2D eigenvalue weighted by Crippen LogP contribution is 2.41. The van der Waals surface area contributed by atoms with Gasteiger partial charge in [-0.1, -0.05) is 6.08 Å². The minimum Gasteiger partial charge on any atom is -0.360 e. The standard InChI is InChI=1S/C16H20FNO/c1-10(2)18-15-7-14(17)12(9-19)6-13(15)11(3)8-16(18,4)5/h6-10H,1-5H3. The molecule has 102 valence electrons. The number of hydrogen-bond donors (Lipinski definition) is 0. The third-order valence-corrected chi connectivity index (χ3v) is 3.63. The number of allylic oxidation sites excluding steroid dienone is 1. The molecule has 0 fully saturated rings. The van der Waals surface area contributed by atoms with Crippen molar-refractivity contribution < 1.29 is 9.18 Å². The summed E-state index contributed by atoms with van der Waals surface area (Å²) in [7, 11) is 0. The van der Waals surface area contributed by atoms with Gasteiger partial charge in [-0.3, -0.25) is 4.79 Å². The fraction of sp³-hybridized carbons (Fsp3) is 0.438. The molecule has 0 radical (unpaired) electrons. The van der Waals surface area contributed by atoms with Crippen molar-refractivity contribution in [2.75, 3.05) is 4.90 Å². The molecule has 1 aromatic rings. The zero-order valence-electron chi connectivity index (χ0n) is 12.1. The lowest BCUT2D eigenvalue weighted by Gasteiger charge is -2.46. The van der Waals surface area contributed by atoms with E-state index in [9.17, 15) is 9.18 Å². The Kier molecular flexibility index (Phi) is 3.25. The van der Waals surface area contributed by atoms with E-state index in [1.807, 2.05) is 6.92 Å². The average molecular weight is 261 g/mol. The second-order valence-electron chi connectivity index (χ2n) is 5.95. The highest BCUT2D eigenvalue weighted by atomic mass is 19.1. The van der Waals surface area contributed by atoms with Gasteiger partial charge >= 0.3 is 0 Å². The van der Waals surface area contributed by atoms with Gasteiger partial charge in [0, 0.05) is 17.3 Å². The van der Waals surface area contributed by atoms with Crippen LogP contribution in [0.5, 0.6) is 0 Å². The van der Waals surface area contributed by atoms with Crippen molar-refractivity contribution >= 4 is 17.5 Å². The number of aldehydes is 1. The molecule has 3 heteroatoms. The van der Waals surface area contributed by atoms with Gasteiger partial charge in [0.15, 0.2) is 6.29 Å². The Morgan fingerprint density at radius 1 is 1.32 bits per heavy atom. The highest BCUT2D eigenvalue weighted by Gasteiger charge is 2.33. The number of fused-ring (bicyclic) bond motifs is 1. The second-order valence-corrected chi connectivity index (χ2v) is 5.95. The molecule has 19 heavy (non-hydrogen) atoms. The van der Waals surface area contributed by atoms with Crippen LogP contribution in [0.1, 0.15) is 50.5 Å². The monoisotopic (exact) mass is 261 g/mol. The first-order valence-electron chi connectivity index (χ1n) is 6.56. The first kappa shape index (κ1) is 13.8. The number of hydrogen-bond acceptors (Lipinski definition) is 2. The number of carbonyl (C=O) groups excluding carboxylic acids is 1. The van der Waals surface area contributed by atoms with Crippen LogP contribution in [0.25, 0.3) is 5.57 Å². The molecule has 1 heterocycles. The molecule has 0 saturated carbocycles. The molecule has 0 saturated heterocycles. The summed E-state index contributed by atoms with van der Waals surface area (Å²) in [4.78, 5) is 13.1. The summed E-state index contributed by atoms with van der Waals surface area (Å²) in [5.41, 5.74) is 2.84. The molecule has 1 aliphatic heterocycles. The summed E-state index contributed by atoms with van der Waals surface area (Å²) in [6.07, 6.45) is 2.74. The number of benzene rings is 1. The predicted molar refractivity (Wildman–Crippen MR) is 77.1 cm³/mol. The van der Waals surface area contributed by atoms with Gasteiger partial charge in [0.2, 0.25) is 0 Å². The Bertz CT molecular complexity index is 558. The molecule has 1 aliphatic rings. The number of rotatable bonds is 2. The van der Waals surface area contributed by atoms with Gasteiger partial charge in [0.25, 0.3) is 0 Å². The molecule has 0 atom stereocenters. The minimum atomic E-state index is -0.454. The van der Waals surface area contributed by atoms with Gasteiger partial charge in [-0.25, -0.2) is 4.39 Å². The van der Waals surface area contributed by atoms with Crippen molar-refractivity contribution in [1.82, 2.24) is 0 Å². The Balaban J connectivity index is 2.72. The fourth-order valence-corrected chi connectivity index (χ4v) is 3.12. The number of anilines is 1. The summed E-state index contributed by atoms with van der Waals surface area (Å²) in [5, 5.41) is 0. The fourth-order valence-electron chi connectivity index (χ4n) is 3.12. The lowest BCUT2D eigenvalue weighted by molar-refractivity contribution is 0.112. The van der Waals surface area contributed by atoms with E-state index in [1.165, 1.54) is 6.07 Å². The number of nitrogens with zero attached hydrogens (tertiary/aromatic N) is 1. The largest absolute Gasteiger partial charge is 0.360 e. The number of carbonyl (C=O) groups is 1. The molecule has 0 aromatic heterocycles. The lowest BCUT2D eigenvalue weighted by atomic mass is 9.87. The van der Waals surface area contributed by atoms with E-state index < -0.39 is 5.82 Å². The van der Waals surface area contributed by atoms with Crippen molar-refractivity contribution in [2.24, 2.45) is 0 Å². The van der Waals surface area contributed by atoms with Crippen LogP contribution in [-0.4, -0.2) is 17.9 Å². The number of halogens is 1. The molecule has 0 N–H and O–H groups in total. The summed E-state index contributed by atoms with van der Waals surface area (Å²) in [5.74, 6) is -0.454. The smallest absolute Gasteiger partial charge is 0.153 e. The van der Waals surface area contributed by atoms with Crippen molar-refractivity contribution in [3.05, 3.63) is 35.2 Å². The molecule has 0 spiro atoms. The molecule has 0 aliphatic carbocycles. The molecule has 0 unspecified atom stereocenters. The topological polar surface area (TPSA) is 20.3 Å². The Morgan fingerprint density at radius 2 is 1.95 bits per heavy atom. The normalized spacial score (nSPS) is 17.2. The van der Waals surface area contributed by atoms with Gasteiger partial charge in [-0.15, -0.1) is 0 Å². The molecular formula is C16H20FNO. The van der Waals surface area contributed by atoms with E-state index in [1.54, 1.807) is 6.07 Å². The van der Waals surface area contributed by atoms with Crippen molar-refractivity contribution in [3.8, 4) is 0 Å². The summed E-state index contributed by atoms with van der Waals surface area (Å²) in [6.45, 7) is 10.4. The molecule has 0 amide bonds. The SMILES string of the molecule is CC1=CC(C)(C)N(C(C)C)c2cc(F)c(C=O)cc21. The Labute approximate surface area is 113 Å². The minimum absolute atomic E-state index is 0.120. The second kappa shape index (κ2) is 4.48. The average Bonchev–Trinajstić information content (AvgIpc) is 2.26. The van der Waals surface area contributed by atoms with Crippen LogP contribution >= 0.6 is 0 Å². The molecule has 1 aromatic carbocycles. The van der Waals surface area contributed by atoms with Crippen molar-refractivity contribution in [2.45, 2.75) is 46.2 Å². The molecule has 2 rings (SSSR count). The highest BCUT2D eigenvalue weighted by molar-refractivity contribution is 5.86. The van der Waals surface area contributed by atoms with Crippen LogP contribution in [0.3, 0.4) is 0 Å². The van der Waals surface area contributed by atoms with E-state index in [0.29, 0.717) is 6.29 Å². The van der Waals surface area contributed by atoms with Crippen LogP contribution in [-0.2, 0) is 0 Å².